The van der Waals surface area contributed by atoms with Gasteiger partial charge in [-0.15, -0.1) is 0 Å². The van der Waals surface area contributed by atoms with E-state index >= 15 is 0 Å². The van der Waals surface area contributed by atoms with Gasteiger partial charge in [0, 0.05) is 19.2 Å². The number of carbonyl (C=O) groups is 2. The Morgan fingerprint density at radius 1 is 1.46 bits per heavy atom. The Kier molecular flexibility index (Phi) is 8.62. The molecule has 1 N–H and O–H groups in total. The Morgan fingerprint density at radius 3 is 2.50 bits per heavy atom. The summed E-state index contributed by atoms with van der Waals surface area (Å²) in [6.45, 7) is -0.214. The summed E-state index contributed by atoms with van der Waals surface area (Å²) >= 11 is 5.06. The fraction of sp³-hybridized carbons (Fsp3) is 0.385. The Bertz CT molecular complexity index is 677. The van der Waals surface area contributed by atoms with Crippen molar-refractivity contribution in [3.05, 3.63) is 39.9 Å². The Labute approximate surface area is 153 Å². The molecule has 13 heteroatoms. The van der Waals surface area contributed by atoms with Crippen LogP contribution in [-0.2, 0) is 34.2 Å². The fourth-order valence-corrected chi connectivity index (χ4v) is 3.10. The highest BCUT2D eigenvalue weighted by Gasteiger charge is 2.31. The maximum atomic E-state index is 11.9. The number of amides is 1. The zero-order valence-corrected chi connectivity index (χ0v) is 15.2. The molecule has 144 valence electrons. The highest BCUT2D eigenvalue weighted by molar-refractivity contribution is 7.54. The number of nitro benzene ring substituents is 1. The van der Waals surface area contributed by atoms with Crippen LogP contribution < -0.4 is 0 Å². The number of non-ortho nitro benzene ring substituents is 1. The molecule has 0 heterocycles. The van der Waals surface area contributed by atoms with Gasteiger partial charge in [0.25, 0.3) is 5.69 Å². The van der Waals surface area contributed by atoms with Gasteiger partial charge in [-0.2, -0.15) is 4.08 Å². The molecular weight excluding hydrogens is 395 g/mol. The van der Waals surface area contributed by atoms with Crippen LogP contribution in [-0.4, -0.2) is 46.8 Å². The largest absolute Gasteiger partial charge is 0.480 e. The van der Waals surface area contributed by atoms with Gasteiger partial charge in [0.05, 0.1) is 23.0 Å². The van der Waals surface area contributed by atoms with Crippen molar-refractivity contribution in [3.63, 3.8) is 0 Å². The number of benzene rings is 1. The molecule has 0 aliphatic carbocycles. The summed E-state index contributed by atoms with van der Waals surface area (Å²) in [7, 11) is -2.59. The van der Waals surface area contributed by atoms with Crippen molar-refractivity contribution in [2.75, 3.05) is 13.3 Å². The minimum atomic E-state index is -3.68. The first-order valence-corrected chi connectivity index (χ1v) is 9.07. The Morgan fingerprint density at radius 2 is 2.08 bits per heavy atom. The average Bonchev–Trinajstić information content (AvgIpc) is 2.64. The van der Waals surface area contributed by atoms with E-state index in [0.29, 0.717) is 10.6 Å². The third-order valence-corrected chi connectivity index (χ3v) is 5.49. The molecule has 0 fully saturated rings. The van der Waals surface area contributed by atoms with Gasteiger partial charge >= 0.3 is 13.6 Å². The van der Waals surface area contributed by atoms with E-state index < -0.39 is 24.5 Å². The summed E-state index contributed by atoms with van der Waals surface area (Å²) in [6.07, 6.45) is -0.523. The molecule has 2 atom stereocenters. The summed E-state index contributed by atoms with van der Waals surface area (Å²) < 4.78 is 20.7. The zero-order chi connectivity index (χ0) is 19.7. The molecule has 0 saturated carbocycles. The average molecular weight is 411 g/mol. The highest BCUT2D eigenvalue weighted by Crippen LogP contribution is 2.49. The molecule has 1 aromatic rings. The number of hydrogen-bond donors (Lipinski definition) is 1. The van der Waals surface area contributed by atoms with E-state index in [-0.39, 0.29) is 31.3 Å². The Balaban J connectivity index is 2.75. The van der Waals surface area contributed by atoms with Crippen molar-refractivity contribution in [2.24, 2.45) is 0 Å². The summed E-state index contributed by atoms with van der Waals surface area (Å²) in [5.41, 5.74) is 0.346. The van der Waals surface area contributed by atoms with E-state index in [1.165, 1.54) is 24.3 Å². The van der Waals surface area contributed by atoms with E-state index in [9.17, 15) is 29.4 Å². The molecule has 0 radical (unpaired) electrons. The van der Waals surface area contributed by atoms with Crippen LogP contribution in [0.25, 0.3) is 0 Å². The number of hydroxylamine groups is 2. The van der Waals surface area contributed by atoms with Gasteiger partial charge in [0.1, 0.15) is 6.61 Å². The van der Waals surface area contributed by atoms with Crippen LogP contribution in [0, 0.1) is 10.1 Å². The van der Waals surface area contributed by atoms with Gasteiger partial charge in [0.15, 0.2) is 6.04 Å². The van der Waals surface area contributed by atoms with E-state index in [4.69, 9.17) is 16.7 Å². The summed E-state index contributed by atoms with van der Waals surface area (Å²) in [4.78, 5) is 37.7. The molecule has 1 aromatic carbocycles. The second-order valence-electron chi connectivity index (χ2n) is 4.89. The topological polar surface area (TPSA) is 146 Å². The van der Waals surface area contributed by atoms with Gasteiger partial charge in [-0.1, -0.05) is 0 Å². The van der Waals surface area contributed by atoms with Gasteiger partial charge in [-0.3, -0.25) is 24.3 Å². The molecule has 0 saturated heterocycles. The predicted octanol–water partition coefficient (Wildman–Crippen LogP) is 2.34. The van der Waals surface area contributed by atoms with Crippen LogP contribution in [0.15, 0.2) is 24.3 Å². The molecule has 1 amide bonds. The molecule has 0 aliphatic rings. The first kappa shape index (κ1) is 22.0. The molecular formula is C13H16ClN2O9P. The molecule has 2 unspecified atom stereocenters. The lowest BCUT2D eigenvalue weighted by Gasteiger charge is -2.24. The number of aliphatic carboxylic acids is 1. The quantitative estimate of drug-likeness (QED) is 0.237. The van der Waals surface area contributed by atoms with Crippen molar-refractivity contribution in [3.8, 4) is 0 Å². The minimum Gasteiger partial charge on any atom is -0.480 e. The van der Waals surface area contributed by atoms with Crippen LogP contribution in [0.1, 0.15) is 12.0 Å². The van der Waals surface area contributed by atoms with Crippen LogP contribution in [0.3, 0.4) is 0 Å². The van der Waals surface area contributed by atoms with Crippen LogP contribution in [0.2, 0.25) is 0 Å². The second kappa shape index (κ2) is 10.2. The lowest BCUT2D eigenvalue weighted by Crippen LogP contribution is -2.40. The summed E-state index contributed by atoms with van der Waals surface area (Å²) in [5, 5.41) is 20.4. The van der Waals surface area contributed by atoms with Gasteiger partial charge < -0.3 is 9.63 Å². The number of hydrogen-bond acceptors (Lipinski definition) is 8. The van der Waals surface area contributed by atoms with E-state index in [1.807, 2.05) is 0 Å². The molecule has 0 spiro atoms. The molecule has 0 bridgehead atoms. The number of nitro groups is 1. The van der Waals surface area contributed by atoms with Gasteiger partial charge in [-0.25, -0.2) is 9.86 Å². The Hall–Kier alpha value is -2.04. The number of carboxylic acids is 1. The molecule has 11 nitrogen and oxygen atoms in total. The van der Waals surface area contributed by atoms with E-state index in [0.717, 1.165) is 7.11 Å². The van der Waals surface area contributed by atoms with E-state index in [2.05, 4.69) is 8.60 Å². The van der Waals surface area contributed by atoms with Gasteiger partial charge in [0.2, 0.25) is 6.41 Å². The first-order valence-electron chi connectivity index (χ1n) is 7.04. The van der Waals surface area contributed by atoms with Crippen LogP contribution in [0.5, 0.6) is 0 Å². The van der Waals surface area contributed by atoms with Crippen LogP contribution >= 0.6 is 19.5 Å². The third kappa shape index (κ3) is 6.36. The number of rotatable bonds is 12. The van der Waals surface area contributed by atoms with Crippen molar-refractivity contribution in [1.82, 2.24) is 5.06 Å². The monoisotopic (exact) mass is 410 g/mol. The molecule has 26 heavy (non-hydrogen) atoms. The maximum Gasteiger partial charge on any atom is 0.346 e. The fourth-order valence-electron chi connectivity index (χ4n) is 1.85. The van der Waals surface area contributed by atoms with Crippen molar-refractivity contribution in [1.29, 1.82) is 0 Å². The lowest BCUT2D eigenvalue weighted by atomic mass is 10.2. The van der Waals surface area contributed by atoms with Crippen molar-refractivity contribution in [2.45, 2.75) is 19.1 Å². The predicted molar refractivity (Wildman–Crippen MR) is 88.2 cm³/mol. The number of nitrogens with zero attached hydrogens (tertiary/aromatic N) is 2. The first-order chi connectivity index (χ1) is 12.3. The smallest absolute Gasteiger partial charge is 0.346 e. The SMILES string of the molecule is COP(=O)(CCC(C(=O)O)N(C=O)OCc1ccc([N+](=O)[O-])cc1)OCl. The van der Waals surface area contributed by atoms with Gasteiger partial charge in [-0.05, 0) is 24.1 Å². The van der Waals surface area contributed by atoms with Crippen LogP contribution in [0.4, 0.5) is 5.69 Å². The molecule has 1 rings (SSSR count). The highest BCUT2D eigenvalue weighted by atomic mass is 35.5. The maximum absolute atomic E-state index is 11.9. The number of carboxylic acid groups (broad SMARTS) is 1. The van der Waals surface area contributed by atoms with Crippen molar-refractivity contribution >= 4 is 37.5 Å². The third-order valence-electron chi connectivity index (χ3n) is 3.28. The molecule has 0 aromatic heterocycles. The normalized spacial score (nSPS) is 14.2. The zero-order valence-electron chi connectivity index (χ0n) is 13.5. The van der Waals surface area contributed by atoms with Crippen molar-refractivity contribution < 1.29 is 37.6 Å². The standard InChI is InChI=1S/C13H16ClN2O9P/c1-23-26(22,25-14)7-6-12(13(18)19)15(9-17)24-8-10-2-4-11(5-3-10)16(20)21/h2-5,9,12H,6-8H2,1H3,(H,18,19). The summed E-state index contributed by atoms with van der Waals surface area (Å²) in [5.74, 6) is -1.40. The number of halogens is 1. The lowest BCUT2D eigenvalue weighted by molar-refractivity contribution is -0.384. The second-order valence-corrected chi connectivity index (χ2v) is 7.48. The minimum absolute atomic E-state index is 0.124. The summed E-state index contributed by atoms with van der Waals surface area (Å²) in [6, 6.07) is 3.81. The molecule has 0 aliphatic heterocycles. The van der Waals surface area contributed by atoms with E-state index in [1.54, 1.807) is 0 Å². The number of carbonyl (C=O) groups excluding carboxylic acids is 1.